The standard InChI is InChI=1S/C17H13ClN4O2/c18-12-6-8-13(9-7-12)21-16(23)22-14-10-19-17(20-11-14)24-15-4-2-1-3-5-15/h1-11H,(H2,21,22,23). The van der Waals surface area contributed by atoms with Gasteiger partial charge in [0.05, 0.1) is 18.1 Å². The number of carbonyl (C=O) groups excluding carboxylic acids is 1. The van der Waals surface area contributed by atoms with Gasteiger partial charge in [-0.05, 0) is 36.4 Å². The third-order valence-corrected chi connectivity index (χ3v) is 3.19. The van der Waals surface area contributed by atoms with Crippen LogP contribution in [0.3, 0.4) is 0 Å². The van der Waals surface area contributed by atoms with Crippen molar-refractivity contribution >= 4 is 29.0 Å². The zero-order chi connectivity index (χ0) is 16.8. The van der Waals surface area contributed by atoms with Gasteiger partial charge in [-0.2, -0.15) is 0 Å². The van der Waals surface area contributed by atoms with Gasteiger partial charge in [-0.25, -0.2) is 14.8 Å². The molecule has 3 rings (SSSR count). The highest BCUT2D eigenvalue weighted by Gasteiger charge is 2.05. The summed E-state index contributed by atoms with van der Waals surface area (Å²) in [5.74, 6) is 0.638. The summed E-state index contributed by atoms with van der Waals surface area (Å²) < 4.78 is 5.48. The molecule has 3 aromatic rings. The van der Waals surface area contributed by atoms with Crippen molar-refractivity contribution in [2.24, 2.45) is 0 Å². The lowest BCUT2D eigenvalue weighted by molar-refractivity contribution is 0.262. The maximum Gasteiger partial charge on any atom is 0.323 e. The summed E-state index contributed by atoms with van der Waals surface area (Å²) in [7, 11) is 0. The van der Waals surface area contributed by atoms with Crippen molar-refractivity contribution < 1.29 is 9.53 Å². The lowest BCUT2D eigenvalue weighted by atomic mass is 10.3. The van der Waals surface area contributed by atoms with Crippen LogP contribution >= 0.6 is 11.6 Å². The second kappa shape index (κ2) is 7.43. The molecule has 0 fully saturated rings. The van der Waals surface area contributed by atoms with Gasteiger partial charge in [0.1, 0.15) is 5.75 Å². The Bertz CT molecular complexity index is 808. The molecule has 0 aliphatic rings. The number of aromatic nitrogens is 2. The first-order chi connectivity index (χ1) is 11.7. The molecular weight excluding hydrogens is 328 g/mol. The molecule has 1 aromatic heterocycles. The fraction of sp³-hybridized carbons (Fsp3) is 0. The van der Waals surface area contributed by atoms with Crippen LogP contribution in [-0.2, 0) is 0 Å². The highest BCUT2D eigenvalue weighted by Crippen LogP contribution is 2.17. The molecule has 2 aromatic carbocycles. The predicted molar refractivity (Wildman–Crippen MR) is 92.6 cm³/mol. The zero-order valence-corrected chi connectivity index (χ0v) is 13.2. The molecule has 0 unspecified atom stereocenters. The van der Waals surface area contributed by atoms with Crippen LogP contribution in [0.1, 0.15) is 0 Å². The first-order valence-electron chi connectivity index (χ1n) is 7.07. The number of halogens is 1. The average molecular weight is 341 g/mol. The molecule has 0 bridgehead atoms. The molecule has 2 N–H and O–H groups in total. The smallest absolute Gasteiger partial charge is 0.323 e. The minimum atomic E-state index is -0.405. The van der Waals surface area contributed by atoms with Crippen molar-refractivity contribution in [1.29, 1.82) is 0 Å². The summed E-state index contributed by atoms with van der Waals surface area (Å²) in [6.45, 7) is 0. The topological polar surface area (TPSA) is 76.1 Å². The highest BCUT2D eigenvalue weighted by molar-refractivity contribution is 6.30. The minimum absolute atomic E-state index is 0.199. The maximum absolute atomic E-state index is 11.9. The van der Waals surface area contributed by atoms with E-state index in [0.717, 1.165) is 0 Å². The zero-order valence-electron chi connectivity index (χ0n) is 12.4. The fourth-order valence-corrected chi connectivity index (χ4v) is 1.98. The fourth-order valence-electron chi connectivity index (χ4n) is 1.85. The normalized spacial score (nSPS) is 10.0. The highest BCUT2D eigenvalue weighted by atomic mass is 35.5. The number of urea groups is 1. The number of nitrogens with one attached hydrogen (secondary N) is 2. The lowest BCUT2D eigenvalue weighted by Crippen LogP contribution is -2.19. The second-order valence-corrected chi connectivity index (χ2v) is 5.19. The van der Waals surface area contributed by atoms with E-state index in [1.165, 1.54) is 12.4 Å². The number of nitrogens with zero attached hydrogens (tertiary/aromatic N) is 2. The van der Waals surface area contributed by atoms with E-state index in [1.807, 2.05) is 18.2 Å². The largest absolute Gasteiger partial charge is 0.424 e. The van der Waals surface area contributed by atoms with Crippen molar-refractivity contribution in [3.63, 3.8) is 0 Å². The van der Waals surface area contributed by atoms with Crippen molar-refractivity contribution in [3.05, 3.63) is 72.0 Å². The van der Waals surface area contributed by atoms with Gasteiger partial charge in [0.25, 0.3) is 0 Å². The molecule has 1 heterocycles. The van der Waals surface area contributed by atoms with Gasteiger partial charge in [0.15, 0.2) is 0 Å². The van der Waals surface area contributed by atoms with Crippen LogP contribution in [0, 0.1) is 0 Å². The number of ether oxygens (including phenoxy) is 1. The summed E-state index contributed by atoms with van der Waals surface area (Å²) in [5.41, 5.74) is 1.07. The van der Waals surface area contributed by atoms with E-state index in [9.17, 15) is 4.79 Å². The Labute approximate surface area is 143 Å². The van der Waals surface area contributed by atoms with Crippen LogP contribution in [-0.4, -0.2) is 16.0 Å². The van der Waals surface area contributed by atoms with E-state index in [-0.39, 0.29) is 6.01 Å². The molecule has 0 saturated carbocycles. The molecular formula is C17H13ClN4O2. The van der Waals surface area contributed by atoms with Crippen molar-refractivity contribution in [3.8, 4) is 11.8 Å². The third kappa shape index (κ3) is 4.44. The van der Waals surface area contributed by atoms with Gasteiger partial charge in [-0.15, -0.1) is 0 Å². The number of hydrogen-bond acceptors (Lipinski definition) is 4. The van der Waals surface area contributed by atoms with Gasteiger partial charge in [-0.3, -0.25) is 0 Å². The Morgan fingerprint density at radius 1 is 0.875 bits per heavy atom. The molecule has 0 atom stereocenters. The molecule has 6 nitrogen and oxygen atoms in total. The van der Waals surface area contributed by atoms with Gasteiger partial charge in [0, 0.05) is 10.7 Å². The molecule has 0 spiro atoms. The Morgan fingerprint density at radius 3 is 2.17 bits per heavy atom. The van der Waals surface area contributed by atoms with Crippen LogP contribution in [0.15, 0.2) is 67.0 Å². The van der Waals surface area contributed by atoms with Crippen molar-refractivity contribution in [2.75, 3.05) is 10.6 Å². The molecule has 7 heteroatoms. The van der Waals surface area contributed by atoms with E-state index >= 15 is 0 Å². The monoisotopic (exact) mass is 340 g/mol. The van der Waals surface area contributed by atoms with Crippen LogP contribution in [0.5, 0.6) is 11.8 Å². The molecule has 0 saturated heterocycles. The first-order valence-corrected chi connectivity index (χ1v) is 7.45. The number of rotatable bonds is 4. The number of hydrogen-bond donors (Lipinski definition) is 2. The lowest BCUT2D eigenvalue weighted by Gasteiger charge is -2.08. The van der Waals surface area contributed by atoms with Gasteiger partial charge >= 0.3 is 12.0 Å². The Balaban J connectivity index is 1.57. The Morgan fingerprint density at radius 2 is 1.50 bits per heavy atom. The van der Waals surface area contributed by atoms with Crippen LogP contribution in [0.25, 0.3) is 0 Å². The van der Waals surface area contributed by atoms with Crippen LogP contribution in [0.4, 0.5) is 16.2 Å². The average Bonchev–Trinajstić information content (AvgIpc) is 2.60. The Kier molecular flexibility index (Phi) is 4.88. The summed E-state index contributed by atoms with van der Waals surface area (Å²) in [6, 6.07) is 15.8. The molecule has 2 amide bonds. The summed E-state index contributed by atoms with van der Waals surface area (Å²) in [6.07, 6.45) is 2.93. The molecule has 24 heavy (non-hydrogen) atoms. The van der Waals surface area contributed by atoms with Crippen molar-refractivity contribution in [1.82, 2.24) is 9.97 Å². The molecule has 0 aliphatic carbocycles. The number of anilines is 2. The second-order valence-electron chi connectivity index (χ2n) is 4.76. The van der Waals surface area contributed by atoms with E-state index in [4.69, 9.17) is 16.3 Å². The SMILES string of the molecule is O=C(Nc1ccc(Cl)cc1)Nc1cnc(Oc2ccccc2)nc1. The van der Waals surface area contributed by atoms with Gasteiger partial charge in [0.2, 0.25) is 0 Å². The molecule has 0 aliphatic heterocycles. The van der Waals surface area contributed by atoms with E-state index in [1.54, 1.807) is 36.4 Å². The van der Waals surface area contributed by atoms with Gasteiger partial charge in [-0.1, -0.05) is 29.8 Å². The number of benzene rings is 2. The van der Waals surface area contributed by atoms with Crippen LogP contribution in [0.2, 0.25) is 5.02 Å². The summed E-state index contributed by atoms with van der Waals surface area (Å²) in [5, 5.41) is 5.91. The predicted octanol–water partition coefficient (Wildman–Crippen LogP) is 4.57. The summed E-state index contributed by atoms with van der Waals surface area (Å²) in [4.78, 5) is 20.0. The third-order valence-electron chi connectivity index (χ3n) is 2.94. The van der Waals surface area contributed by atoms with Crippen molar-refractivity contribution in [2.45, 2.75) is 0 Å². The molecule has 120 valence electrons. The van der Waals surface area contributed by atoms with E-state index in [0.29, 0.717) is 22.1 Å². The van der Waals surface area contributed by atoms with E-state index < -0.39 is 6.03 Å². The van der Waals surface area contributed by atoms with Gasteiger partial charge < -0.3 is 15.4 Å². The maximum atomic E-state index is 11.9. The van der Waals surface area contributed by atoms with Crippen LogP contribution < -0.4 is 15.4 Å². The Hall–Kier alpha value is -3.12. The molecule has 0 radical (unpaired) electrons. The summed E-state index contributed by atoms with van der Waals surface area (Å²) >= 11 is 5.79. The quantitative estimate of drug-likeness (QED) is 0.729. The first kappa shape index (κ1) is 15.8. The number of para-hydroxylation sites is 1. The number of amides is 2. The number of carbonyl (C=O) groups is 1. The van der Waals surface area contributed by atoms with E-state index in [2.05, 4.69) is 20.6 Å². The minimum Gasteiger partial charge on any atom is -0.424 e.